The highest BCUT2D eigenvalue weighted by molar-refractivity contribution is 5.93. The third kappa shape index (κ3) is 4.22. The number of nitrogens with one attached hydrogen (secondary N) is 1. The average Bonchev–Trinajstić information content (AvgIpc) is 3.31. The Bertz CT molecular complexity index is 1310. The first-order valence-electron chi connectivity index (χ1n) is 11.7. The molecule has 1 N–H and O–H groups in total. The summed E-state index contributed by atoms with van der Waals surface area (Å²) < 4.78 is 23.2. The fourth-order valence-electron chi connectivity index (χ4n) is 4.81. The van der Waals surface area contributed by atoms with Crippen LogP contribution in [0.1, 0.15) is 48.9 Å². The summed E-state index contributed by atoms with van der Waals surface area (Å²) in [7, 11) is 1.62. The van der Waals surface area contributed by atoms with Crippen molar-refractivity contribution in [3.8, 4) is 17.2 Å². The number of methoxy groups -OCH3 is 1. The van der Waals surface area contributed by atoms with Crippen LogP contribution in [0.15, 0.2) is 39.5 Å². The molecule has 0 saturated heterocycles. The Hall–Kier alpha value is -3.48. The van der Waals surface area contributed by atoms with Gasteiger partial charge in [0.2, 0.25) is 0 Å². The zero-order chi connectivity index (χ0) is 23.9. The fourth-order valence-corrected chi connectivity index (χ4v) is 4.81. The number of fused-ring (bicyclic) bond motifs is 5. The molecule has 0 bridgehead atoms. The molecule has 1 amide bonds. The van der Waals surface area contributed by atoms with Crippen LogP contribution in [0.3, 0.4) is 0 Å². The maximum atomic E-state index is 12.7. The predicted octanol–water partition coefficient (Wildman–Crippen LogP) is 4.09. The smallest absolute Gasteiger partial charge is 0.339 e. The van der Waals surface area contributed by atoms with E-state index in [0.717, 1.165) is 59.1 Å². The summed E-state index contributed by atoms with van der Waals surface area (Å²) in [6.45, 7) is 4.30. The summed E-state index contributed by atoms with van der Waals surface area (Å²) in [4.78, 5) is 25.2. The molecule has 178 valence electrons. The Morgan fingerprint density at radius 3 is 2.62 bits per heavy atom. The van der Waals surface area contributed by atoms with Crippen LogP contribution in [0.5, 0.6) is 17.2 Å². The largest absolute Gasteiger partial charge is 0.497 e. The van der Waals surface area contributed by atoms with E-state index in [9.17, 15) is 9.59 Å². The summed E-state index contributed by atoms with van der Waals surface area (Å²) in [6, 6.07) is 9.37. The van der Waals surface area contributed by atoms with Crippen LogP contribution < -0.4 is 25.2 Å². The van der Waals surface area contributed by atoms with Crippen LogP contribution in [-0.2, 0) is 30.6 Å². The van der Waals surface area contributed by atoms with Crippen molar-refractivity contribution in [2.45, 2.75) is 58.1 Å². The van der Waals surface area contributed by atoms with E-state index in [4.69, 9.17) is 18.6 Å². The molecule has 7 nitrogen and oxygen atoms in total. The van der Waals surface area contributed by atoms with Gasteiger partial charge in [-0.2, -0.15) is 0 Å². The van der Waals surface area contributed by atoms with Crippen LogP contribution in [0.25, 0.3) is 11.0 Å². The van der Waals surface area contributed by atoms with Gasteiger partial charge in [-0.05, 0) is 69.2 Å². The second kappa shape index (κ2) is 8.70. The van der Waals surface area contributed by atoms with Crippen molar-refractivity contribution >= 4 is 16.9 Å². The van der Waals surface area contributed by atoms with Crippen LogP contribution >= 0.6 is 0 Å². The monoisotopic (exact) mass is 463 g/mol. The second-order valence-corrected chi connectivity index (χ2v) is 9.53. The average molecular weight is 464 g/mol. The van der Waals surface area contributed by atoms with Gasteiger partial charge < -0.3 is 23.9 Å². The van der Waals surface area contributed by atoms with Gasteiger partial charge >= 0.3 is 5.63 Å². The number of hydrogen-bond donors (Lipinski definition) is 1. The van der Waals surface area contributed by atoms with Gasteiger partial charge in [-0.25, -0.2) is 4.79 Å². The highest BCUT2D eigenvalue weighted by Crippen LogP contribution is 2.44. The lowest BCUT2D eigenvalue weighted by atomic mass is 9.91. The molecule has 2 aromatic carbocycles. The number of benzene rings is 2. The molecule has 0 unspecified atom stereocenters. The first-order chi connectivity index (χ1) is 16.3. The molecule has 7 heteroatoms. The molecule has 3 aromatic rings. The molecule has 0 spiro atoms. The van der Waals surface area contributed by atoms with E-state index >= 15 is 0 Å². The SMILES string of the molecule is COc1ccc(CNC(=O)COc2cc3c(c4oc(=O)c5c(c24)CCC5)CCC(C)(C)O3)cc1. The van der Waals surface area contributed by atoms with Crippen LogP contribution in [-0.4, -0.2) is 25.2 Å². The van der Waals surface area contributed by atoms with Crippen LogP contribution in [0, 0.1) is 0 Å². The first kappa shape index (κ1) is 22.3. The summed E-state index contributed by atoms with van der Waals surface area (Å²) in [6.07, 6.45) is 3.98. The lowest BCUT2D eigenvalue weighted by Gasteiger charge is -2.33. The van der Waals surface area contributed by atoms with E-state index in [1.165, 1.54) is 0 Å². The minimum absolute atomic E-state index is 0.151. The number of rotatable bonds is 6. The molecule has 34 heavy (non-hydrogen) atoms. The van der Waals surface area contributed by atoms with Gasteiger partial charge in [-0.3, -0.25) is 4.79 Å². The first-order valence-corrected chi connectivity index (χ1v) is 11.7. The molecule has 5 rings (SSSR count). The third-order valence-corrected chi connectivity index (χ3v) is 6.64. The lowest BCUT2D eigenvalue weighted by molar-refractivity contribution is -0.123. The van der Waals surface area contributed by atoms with Gasteiger partial charge in [0.15, 0.2) is 6.61 Å². The quantitative estimate of drug-likeness (QED) is 0.554. The Labute approximate surface area is 198 Å². The Morgan fingerprint density at radius 1 is 1.09 bits per heavy atom. The summed E-state index contributed by atoms with van der Waals surface area (Å²) in [5.74, 6) is 1.70. The zero-order valence-corrected chi connectivity index (χ0v) is 19.8. The predicted molar refractivity (Wildman–Crippen MR) is 128 cm³/mol. The lowest BCUT2D eigenvalue weighted by Crippen LogP contribution is -2.33. The molecular weight excluding hydrogens is 434 g/mol. The highest BCUT2D eigenvalue weighted by Gasteiger charge is 2.32. The molecule has 1 aromatic heterocycles. The van der Waals surface area contributed by atoms with Crippen LogP contribution in [0.4, 0.5) is 0 Å². The van der Waals surface area contributed by atoms with Gasteiger partial charge in [0.1, 0.15) is 28.4 Å². The highest BCUT2D eigenvalue weighted by atomic mass is 16.5. The minimum Gasteiger partial charge on any atom is -0.497 e. The van der Waals surface area contributed by atoms with Crippen molar-refractivity contribution in [1.29, 1.82) is 0 Å². The maximum Gasteiger partial charge on any atom is 0.339 e. The Kier molecular flexibility index (Phi) is 5.71. The van der Waals surface area contributed by atoms with Crippen molar-refractivity contribution in [3.05, 3.63) is 63.0 Å². The number of carbonyl (C=O) groups excluding carboxylic acids is 1. The second-order valence-electron chi connectivity index (χ2n) is 9.53. The number of aryl methyl sites for hydroxylation is 2. The van der Waals surface area contributed by atoms with Gasteiger partial charge in [-0.1, -0.05) is 12.1 Å². The van der Waals surface area contributed by atoms with E-state index in [0.29, 0.717) is 30.0 Å². The van der Waals surface area contributed by atoms with E-state index in [2.05, 4.69) is 5.32 Å². The minimum atomic E-state index is -0.329. The summed E-state index contributed by atoms with van der Waals surface area (Å²) in [5.41, 5.74) is 3.49. The number of carbonyl (C=O) groups is 1. The number of amides is 1. The molecule has 0 fully saturated rings. The van der Waals surface area contributed by atoms with E-state index in [1.807, 2.05) is 44.2 Å². The normalized spacial score (nSPS) is 15.9. The van der Waals surface area contributed by atoms with Crippen molar-refractivity contribution < 1.29 is 23.4 Å². The molecule has 2 heterocycles. The van der Waals surface area contributed by atoms with Crippen LogP contribution in [0.2, 0.25) is 0 Å². The van der Waals surface area contributed by atoms with Gasteiger partial charge in [0.25, 0.3) is 5.91 Å². The fraction of sp³-hybridized carbons (Fsp3) is 0.407. The maximum absolute atomic E-state index is 12.7. The Balaban J connectivity index is 1.41. The molecule has 0 atom stereocenters. The topological polar surface area (TPSA) is 87.0 Å². The molecule has 1 aliphatic heterocycles. The van der Waals surface area contributed by atoms with Crippen molar-refractivity contribution in [2.75, 3.05) is 13.7 Å². The van der Waals surface area contributed by atoms with E-state index in [-0.39, 0.29) is 23.7 Å². The molecule has 1 aliphatic carbocycles. The number of hydrogen-bond acceptors (Lipinski definition) is 6. The van der Waals surface area contributed by atoms with Gasteiger partial charge in [0, 0.05) is 23.7 Å². The van der Waals surface area contributed by atoms with Gasteiger partial charge in [-0.15, -0.1) is 0 Å². The number of ether oxygens (including phenoxy) is 3. The van der Waals surface area contributed by atoms with Crippen molar-refractivity contribution in [2.24, 2.45) is 0 Å². The standard InChI is InChI=1S/C27H29NO6/c1-27(2)12-11-20-21(34-27)13-22(24-18-5-4-6-19(18)26(30)33-25(20)24)32-15-23(29)28-14-16-7-9-17(31-3)10-8-16/h7-10,13H,4-6,11-12,14-15H2,1-3H3,(H,28,29). The summed E-state index contributed by atoms with van der Waals surface area (Å²) >= 11 is 0. The van der Waals surface area contributed by atoms with E-state index in [1.54, 1.807) is 7.11 Å². The third-order valence-electron chi connectivity index (χ3n) is 6.64. The molecule has 0 radical (unpaired) electrons. The molecule has 0 saturated carbocycles. The summed E-state index contributed by atoms with van der Waals surface area (Å²) in [5, 5.41) is 3.69. The molecular formula is C27H29NO6. The van der Waals surface area contributed by atoms with Gasteiger partial charge in [0.05, 0.1) is 12.5 Å². The molecule has 2 aliphatic rings. The Morgan fingerprint density at radius 2 is 1.85 bits per heavy atom. The van der Waals surface area contributed by atoms with E-state index < -0.39 is 0 Å². The zero-order valence-electron chi connectivity index (χ0n) is 19.8. The van der Waals surface area contributed by atoms with Crippen molar-refractivity contribution in [1.82, 2.24) is 5.32 Å². The van der Waals surface area contributed by atoms with Crippen molar-refractivity contribution in [3.63, 3.8) is 0 Å².